The van der Waals surface area contributed by atoms with Crippen molar-refractivity contribution in [3.8, 4) is 17.6 Å². The Morgan fingerprint density at radius 3 is 2.21 bits per heavy atom. The molecule has 0 aliphatic heterocycles. The summed E-state index contributed by atoms with van der Waals surface area (Å²) in [6, 6.07) is 7.58. The molecule has 74 valence electrons. The number of ether oxygens (including phenoxy) is 1. The molecule has 0 radical (unpaired) electrons. The summed E-state index contributed by atoms with van der Waals surface area (Å²) in [5, 5.41) is 0. The normalized spacial score (nSPS) is 10.3. The number of hydrogen-bond donors (Lipinski definition) is 0. The minimum Gasteiger partial charge on any atom is -0.497 e. The molecule has 0 amide bonds. The van der Waals surface area contributed by atoms with Crippen molar-refractivity contribution < 1.29 is 4.74 Å². The number of methoxy groups -OCH3 is 1. The van der Waals surface area contributed by atoms with Gasteiger partial charge in [0, 0.05) is 5.56 Å². The average Bonchev–Trinajstić information content (AvgIpc) is 2.14. The molecule has 0 aliphatic rings. The standard InChI is InChI=1S/C12H13ClO/c1-12(2,13)9-8-10-4-6-11(14-3)7-5-10/h4-7H,1-3H3. The molecule has 0 fully saturated rings. The molecule has 0 atom stereocenters. The van der Waals surface area contributed by atoms with Crippen molar-refractivity contribution in [2.45, 2.75) is 18.7 Å². The molecule has 0 aromatic heterocycles. The van der Waals surface area contributed by atoms with E-state index in [1.807, 2.05) is 38.1 Å². The summed E-state index contributed by atoms with van der Waals surface area (Å²) in [5.74, 6) is 6.78. The minimum atomic E-state index is -0.472. The van der Waals surface area contributed by atoms with Crippen LogP contribution in [0.5, 0.6) is 5.75 Å². The second-order valence-corrected chi connectivity index (χ2v) is 4.40. The SMILES string of the molecule is COc1ccc(C#CC(C)(C)Cl)cc1. The second kappa shape index (κ2) is 4.39. The molecule has 2 heteroatoms. The molecule has 0 spiro atoms. The van der Waals surface area contributed by atoms with Crippen molar-refractivity contribution in [3.05, 3.63) is 29.8 Å². The Hall–Kier alpha value is -1.13. The van der Waals surface area contributed by atoms with Gasteiger partial charge in [-0.2, -0.15) is 0 Å². The predicted molar refractivity (Wildman–Crippen MR) is 59.8 cm³/mol. The number of alkyl halides is 1. The molecule has 1 aromatic carbocycles. The first-order valence-corrected chi connectivity index (χ1v) is 4.75. The van der Waals surface area contributed by atoms with Crippen LogP contribution in [0.25, 0.3) is 0 Å². The van der Waals surface area contributed by atoms with Gasteiger partial charge in [0.1, 0.15) is 5.75 Å². The molecule has 0 aliphatic carbocycles. The second-order valence-electron chi connectivity index (χ2n) is 3.45. The Morgan fingerprint density at radius 2 is 1.79 bits per heavy atom. The minimum absolute atomic E-state index is 0.472. The predicted octanol–water partition coefficient (Wildman–Crippen LogP) is 3.06. The van der Waals surface area contributed by atoms with Gasteiger partial charge in [0.05, 0.1) is 12.0 Å². The van der Waals surface area contributed by atoms with Crippen LogP contribution < -0.4 is 4.74 Å². The van der Waals surface area contributed by atoms with E-state index in [-0.39, 0.29) is 0 Å². The molecule has 1 aromatic rings. The smallest absolute Gasteiger partial charge is 0.118 e. The van der Waals surface area contributed by atoms with Gasteiger partial charge in [-0.15, -0.1) is 11.6 Å². The molecule has 0 saturated heterocycles. The summed E-state index contributed by atoms with van der Waals surface area (Å²) < 4.78 is 5.04. The highest BCUT2D eigenvalue weighted by atomic mass is 35.5. The van der Waals surface area contributed by atoms with Gasteiger partial charge in [0.2, 0.25) is 0 Å². The molecule has 0 N–H and O–H groups in total. The largest absolute Gasteiger partial charge is 0.497 e. The van der Waals surface area contributed by atoms with Crippen LogP contribution in [-0.4, -0.2) is 12.0 Å². The molecule has 0 unspecified atom stereocenters. The Balaban J connectivity index is 2.82. The maximum absolute atomic E-state index is 5.94. The monoisotopic (exact) mass is 208 g/mol. The summed E-state index contributed by atoms with van der Waals surface area (Å²) in [5.41, 5.74) is 0.944. The quantitative estimate of drug-likeness (QED) is 0.509. The summed E-state index contributed by atoms with van der Waals surface area (Å²) >= 11 is 5.94. The molecule has 0 saturated carbocycles. The van der Waals surface area contributed by atoms with Gasteiger partial charge in [-0.05, 0) is 38.1 Å². The van der Waals surface area contributed by atoms with Crippen LogP contribution in [0.2, 0.25) is 0 Å². The van der Waals surface area contributed by atoms with Gasteiger partial charge in [0.15, 0.2) is 0 Å². The fraction of sp³-hybridized carbons (Fsp3) is 0.333. The van der Waals surface area contributed by atoms with Crippen molar-refractivity contribution in [2.75, 3.05) is 7.11 Å². The summed E-state index contributed by atoms with van der Waals surface area (Å²) in [6.07, 6.45) is 0. The van der Waals surface area contributed by atoms with Crippen LogP contribution >= 0.6 is 11.6 Å². The summed E-state index contributed by atoms with van der Waals surface area (Å²) in [4.78, 5) is -0.472. The van der Waals surface area contributed by atoms with E-state index in [0.29, 0.717) is 0 Å². The zero-order chi connectivity index (χ0) is 10.6. The molecule has 0 heterocycles. The molecule has 1 nitrogen and oxygen atoms in total. The summed E-state index contributed by atoms with van der Waals surface area (Å²) in [7, 11) is 1.64. The van der Waals surface area contributed by atoms with Crippen LogP contribution in [0, 0.1) is 11.8 Å². The van der Waals surface area contributed by atoms with Gasteiger partial charge in [-0.3, -0.25) is 0 Å². The van der Waals surface area contributed by atoms with Crippen LogP contribution in [0.3, 0.4) is 0 Å². The molecular weight excluding hydrogens is 196 g/mol. The van der Waals surface area contributed by atoms with Gasteiger partial charge >= 0.3 is 0 Å². The Morgan fingerprint density at radius 1 is 1.21 bits per heavy atom. The lowest BCUT2D eigenvalue weighted by atomic mass is 10.1. The van der Waals surface area contributed by atoms with Crippen molar-refractivity contribution in [2.24, 2.45) is 0 Å². The van der Waals surface area contributed by atoms with Crippen LogP contribution in [-0.2, 0) is 0 Å². The Labute approximate surface area is 90.0 Å². The average molecular weight is 209 g/mol. The fourth-order valence-electron chi connectivity index (χ4n) is 0.895. The van der Waals surface area contributed by atoms with Gasteiger partial charge in [-0.25, -0.2) is 0 Å². The third-order valence-electron chi connectivity index (χ3n) is 1.59. The molecule has 14 heavy (non-hydrogen) atoms. The lowest BCUT2D eigenvalue weighted by Crippen LogP contribution is -2.04. The van der Waals surface area contributed by atoms with Crippen LogP contribution in [0.4, 0.5) is 0 Å². The lowest BCUT2D eigenvalue weighted by Gasteiger charge is -2.03. The zero-order valence-corrected chi connectivity index (χ0v) is 9.35. The van der Waals surface area contributed by atoms with Crippen molar-refractivity contribution >= 4 is 11.6 Å². The first-order valence-electron chi connectivity index (χ1n) is 4.37. The van der Waals surface area contributed by atoms with Crippen molar-refractivity contribution in [1.82, 2.24) is 0 Å². The third-order valence-corrected chi connectivity index (χ3v) is 1.69. The van der Waals surface area contributed by atoms with E-state index in [1.54, 1.807) is 7.11 Å². The van der Waals surface area contributed by atoms with E-state index in [9.17, 15) is 0 Å². The summed E-state index contributed by atoms with van der Waals surface area (Å²) in [6.45, 7) is 3.73. The molecule has 1 rings (SSSR count). The molecule has 0 bridgehead atoms. The fourth-order valence-corrected chi connectivity index (χ4v) is 0.942. The van der Waals surface area contributed by atoms with Crippen molar-refractivity contribution in [3.63, 3.8) is 0 Å². The number of benzene rings is 1. The maximum atomic E-state index is 5.94. The highest BCUT2D eigenvalue weighted by Crippen LogP contribution is 2.13. The van der Waals surface area contributed by atoms with Crippen LogP contribution in [0.1, 0.15) is 19.4 Å². The Bertz CT molecular complexity index is 349. The van der Waals surface area contributed by atoms with E-state index in [0.717, 1.165) is 11.3 Å². The topological polar surface area (TPSA) is 9.23 Å². The van der Waals surface area contributed by atoms with E-state index in [4.69, 9.17) is 16.3 Å². The van der Waals surface area contributed by atoms with Crippen LogP contribution in [0.15, 0.2) is 24.3 Å². The highest BCUT2D eigenvalue weighted by molar-refractivity contribution is 6.25. The third kappa shape index (κ3) is 3.72. The van der Waals surface area contributed by atoms with E-state index >= 15 is 0 Å². The number of hydrogen-bond acceptors (Lipinski definition) is 1. The molecular formula is C12H13ClO. The van der Waals surface area contributed by atoms with E-state index in [1.165, 1.54) is 0 Å². The Kier molecular flexibility index (Phi) is 3.43. The first kappa shape index (κ1) is 10.9. The van der Waals surface area contributed by atoms with Gasteiger partial charge < -0.3 is 4.74 Å². The maximum Gasteiger partial charge on any atom is 0.118 e. The van der Waals surface area contributed by atoms with Gasteiger partial charge in [0.25, 0.3) is 0 Å². The zero-order valence-electron chi connectivity index (χ0n) is 8.60. The highest BCUT2D eigenvalue weighted by Gasteiger charge is 2.06. The van der Waals surface area contributed by atoms with E-state index < -0.39 is 4.87 Å². The lowest BCUT2D eigenvalue weighted by molar-refractivity contribution is 0.415. The number of rotatable bonds is 1. The van der Waals surface area contributed by atoms with Crippen molar-refractivity contribution in [1.29, 1.82) is 0 Å². The van der Waals surface area contributed by atoms with Gasteiger partial charge in [-0.1, -0.05) is 11.8 Å². The number of halogens is 1. The van der Waals surface area contributed by atoms with E-state index in [2.05, 4.69) is 11.8 Å². The first-order chi connectivity index (χ1) is 6.51.